The summed E-state index contributed by atoms with van der Waals surface area (Å²) in [6.45, 7) is 0.409. The molecule has 3 nitrogen and oxygen atoms in total. The van der Waals surface area contributed by atoms with Crippen molar-refractivity contribution in [3.05, 3.63) is 65.7 Å². The number of benzene rings is 2. The lowest BCUT2D eigenvalue weighted by atomic mass is 9.82. The molecule has 0 bridgehead atoms. The lowest BCUT2D eigenvalue weighted by Crippen LogP contribution is -2.27. The van der Waals surface area contributed by atoms with Gasteiger partial charge in [-0.1, -0.05) is 60.1 Å². The van der Waals surface area contributed by atoms with Crippen molar-refractivity contribution in [3.63, 3.8) is 0 Å². The Bertz CT molecular complexity index is 610. The van der Waals surface area contributed by atoms with Gasteiger partial charge in [-0.15, -0.1) is 0 Å². The van der Waals surface area contributed by atoms with Crippen molar-refractivity contribution in [2.24, 2.45) is 10.7 Å². The summed E-state index contributed by atoms with van der Waals surface area (Å²) in [4.78, 5) is 4.52. The maximum atomic E-state index is 5.74. The molecule has 1 atom stereocenters. The fourth-order valence-electron chi connectivity index (χ4n) is 2.37. The largest absolute Gasteiger partial charge is 0.462 e. The topological polar surface area (TPSA) is 47.6 Å². The van der Waals surface area contributed by atoms with E-state index < -0.39 is 5.54 Å². The number of hydrogen-bond acceptors (Lipinski definition) is 3. The molecular formula is C15H13BN2O. The van der Waals surface area contributed by atoms with Gasteiger partial charge in [0.15, 0.2) is 5.54 Å². The summed E-state index contributed by atoms with van der Waals surface area (Å²) in [5, 5.41) is 0. The van der Waals surface area contributed by atoms with E-state index in [9.17, 15) is 0 Å². The van der Waals surface area contributed by atoms with Crippen LogP contribution < -0.4 is 11.2 Å². The third kappa shape index (κ3) is 1.99. The Labute approximate surface area is 113 Å². The number of rotatable bonds is 2. The van der Waals surface area contributed by atoms with Gasteiger partial charge in [0.1, 0.15) is 14.5 Å². The highest BCUT2D eigenvalue weighted by atomic mass is 16.5. The van der Waals surface area contributed by atoms with Crippen LogP contribution in [-0.2, 0) is 10.3 Å². The molecule has 0 saturated carbocycles. The molecular weight excluding hydrogens is 235 g/mol. The molecule has 2 aromatic rings. The zero-order valence-corrected chi connectivity index (χ0v) is 10.4. The minimum Gasteiger partial charge on any atom is -0.462 e. The van der Waals surface area contributed by atoms with Crippen LogP contribution in [-0.4, -0.2) is 20.5 Å². The summed E-state index contributed by atoms with van der Waals surface area (Å²) in [5.41, 5.74) is 7.95. The third-order valence-corrected chi connectivity index (χ3v) is 3.37. The second-order valence-electron chi connectivity index (χ2n) is 4.59. The van der Waals surface area contributed by atoms with Crippen LogP contribution in [0.25, 0.3) is 0 Å². The Morgan fingerprint density at radius 1 is 1.00 bits per heavy atom. The first-order chi connectivity index (χ1) is 9.21. The van der Waals surface area contributed by atoms with E-state index in [-0.39, 0.29) is 6.02 Å². The average molecular weight is 248 g/mol. The van der Waals surface area contributed by atoms with Gasteiger partial charge in [-0.25, -0.2) is 4.99 Å². The Balaban J connectivity index is 2.16. The minimum atomic E-state index is -0.570. The predicted octanol–water partition coefficient (Wildman–Crippen LogP) is 1.07. The predicted molar refractivity (Wildman–Crippen MR) is 76.6 cm³/mol. The molecule has 0 amide bonds. The van der Waals surface area contributed by atoms with Crippen LogP contribution in [0.4, 0.5) is 0 Å². The van der Waals surface area contributed by atoms with Crippen LogP contribution in [0.15, 0.2) is 59.6 Å². The van der Waals surface area contributed by atoms with Crippen molar-refractivity contribution in [2.45, 2.75) is 5.54 Å². The molecule has 0 aromatic heterocycles. The second-order valence-corrected chi connectivity index (χ2v) is 4.59. The Hall–Kier alpha value is -2.23. The molecule has 0 fully saturated rings. The van der Waals surface area contributed by atoms with Crippen molar-refractivity contribution < 1.29 is 4.74 Å². The van der Waals surface area contributed by atoms with E-state index in [2.05, 4.69) is 4.99 Å². The van der Waals surface area contributed by atoms with Crippen LogP contribution in [0.5, 0.6) is 0 Å². The molecule has 2 aromatic carbocycles. The molecule has 19 heavy (non-hydrogen) atoms. The van der Waals surface area contributed by atoms with Crippen LogP contribution in [0.2, 0.25) is 0 Å². The summed E-state index contributed by atoms with van der Waals surface area (Å²) < 4.78 is 5.40. The van der Waals surface area contributed by atoms with Gasteiger partial charge < -0.3 is 10.5 Å². The van der Waals surface area contributed by atoms with Crippen LogP contribution >= 0.6 is 0 Å². The molecule has 3 rings (SSSR count). The molecule has 1 aliphatic heterocycles. The highest BCUT2D eigenvalue weighted by molar-refractivity contribution is 6.32. The smallest absolute Gasteiger partial charge is 0.283 e. The van der Waals surface area contributed by atoms with Crippen molar-refractivity contribution >= 4 is 19.3 Å². The highest BCUT2D eigenvalue weighted by Gasteiger charge is 2.39. The van der Waals surface area contributed by atoms with E-state index >= 15 is 0 Å². The molecule has 0 saturated heterocycles. The first-order valence-electron chi connectivity index (χ1n) is 6.10. The van der Waals surface area contributed by atoms with Crippen molar-refractivity contribution in [2.75, 3.05) is 6.61 Å². The fraction of sp³-hybridized carbons (Fsp3) is 0.133. The standard InChI is InChI=1S/C15H13BN2O/c16-13-8-6-12(7-9-13)15(10-19-14(17)18-15)11-4-2-1-3-5-11/h1-9H,10H2,(H2,17,18). The van der Waals surface area contributed by atoms with E-state index in [1.165, 1.54) is 0 Å². The summed E-state index contributed by atoms with van der Waals surface area (Å²) in [7, 11) is 5.74. The van der Waals surface area contributed by atoms with Crippen molar-refractivity contribution in [3.8, 4) is 0 Å². The Morgan fingerprint density at radius 3 is 2.21 bits per heavy atom. The van der Waals surface area contributed by atoms with Gasteiger partial charge >= 0.3 is 0 Å². The van der Waals surface area contributed by atoms with Crippen LogP contribution in [0.1, 0.15) is 11.1 Å². The molecule has 1 unspecified atom stereocenters. The molecule has 4 heteroatoms. The highest BCUT2D eigenvalue weighted by Crippen LogP contribution is 2.36. The fourth-order valence-corrected chi connectivity index (χ4v) is 2.37. The first kappa shape index (κ1) is 11.8. The third-order valence-electron chi connectivity index (χ3n) is 3.37. The van der Waals surface area contributed by atoms with E-state index in [1.807, 2.05) is 54.6 Å². The molecule has 1 heterocycles. The van der Waals surface area contributed by atoms with Gasteiger partial charge in [0.2, 0.25) is 0 Å². The molecule has 2 radical (unpaired) electrons. The summed E-state index contributed by atoms with van der Waals surface area (Å²) in [6.07, 6.45) is 0. The maximum absolute atomic E-state index is 5.74. The van der Waals surface area contributed by atoms with Gasteiger partial charge in [-0.2, -0.15) is 0 Å². The van der Waals surface area contributed by atoms with Gasteiger partial charge in [0.05, 0.1) is 0 Å². The summed E-state index contributed by atoms with van der Waals surface area (Å²) in [5.74, 6) is 0. The Kier molecular flexibility index (Phi) is 2.78. The van der Waals surface area contributed by atoms with Gasteiger partial charge in [-0.05, 0) is 11.1 Å². The lowest BCUT2D eigenvalue weighted by molar-refractivity contribution is 0.278. The zero-order valence-electron chi connectivity index (χ0n) is 10.4. The number of hydrogen-bond donors (Lipinski definition) is 1. The minimum absolute atomic E-state index is 0.223. The molecule has 1 aliphatic rings. The number of aliphatic imine (C=N–C) groups is 1. The monoisotopic (exact) mass is 248 g/mol. The molecule has 92 valence electrons. The van der Waals surface area contributed by atoms with Crippen molar-refractivity contribution in [1.82, 2.24) is 0 Å². The number of amidine groups is 1. The summed E-state index contributed by atoms with van der Waals surface area (Å²) in [6, 6.07) is 17.9. The van der Waals surface area contributed by atoms with E-state index in [4.69, 9.17) is 18.3 Å². The zero-order chi connectivity index (χ0) is 13.3. The van der Waals surface area contributed by atoms with Crippen LogP contribution in [0.3, 0.4) is 0 Å². The number of nitrogens with zero attached hydrogens (tertiary/aromatic N) is 1. The van der Waals surface area contributed by atoms with Gasteiger partial charge in [0, 0.05) is 0 Å². The van der Waals surface area contributed by atoms with Gasteiger partial charge in [0.25, 0.3) is 6.02 Å². The first-order valence-corrected chi connectivity index (χ1v) is 6.10. The SMILES string of the molecule is [B]c1ccc(C2(c3ccccc3)COC(N)=N2)cc1. The maximum Gasteiger partial charge on any atom is 0.283 e. The quantitative estimate of drug-likeness (QED) is 0.808. The van der Waals surface area contributed by atoms with E-state index in [0.29, 0.717) is 6.61 Å². The molecule has 0 spiro atoms. The van der Waals surface area contributed by atoms with E-state index in [1.54, 1.807) is 0 Å². The number of ether oxygens (including phenoxy) is 1. The molecule has 0 aliphatic carbocycles. The van der Waals surface area contributed by atoms with Gasteiger partial charge in [-0.3, -0.25) is 0 Å². The normalized spacial score (nSPS) is 21.8. The van der Waals surface area contributed by atoms with E-state index in [0.717, 1.165) is 16.6 Å². The lowest BCUT2D eigenvalue weighted by Gasteiger charge is -2.25. The number of nitrogens with two attached hydrogens (primary N) is 1. The van der Waals surface area contributed by atoms with Crippen molar-refractivity contribution in [1.29, 1.82) is 0 Å². The second kappa shape index (κ2) is 4.46. The Morgan fingerprint density at radius 2 is 1.63 bits per heavy atom. The van der Waals surface area contributed by atoms with Crippen LogP contribution in [0, 0.1) is 0 Å². The summed E-state index contributed by atoms with van der Waals surface area (Å²) >= 11 is 0. The average Bonchev–Trinajstić information content (AvgIpc) is 2.84. The molecule has 2 N–H and O–H groups in total.